The second-order valence-electron chi connectivity index (χ2n) is 5.48. The highest BCUT2D eigenvalue weighted by atomic mass is 35.5. The van der Waals surface area contributed by atoms with Crippen molar-refractivity contribution in [1.29, 1.82) is 5.26 Å². The first kappa shape index (κ1) is 12.9. The first-order chi connectivity index (χ1) is 9.17. The van der Waals surface area contributed by atoms with Gasteiger partial charge in [-0.1, -0.05) is 24.1 Å². The van der Waals surface area contributed by atoms with E-state index < -0.39 is 5.54 Å². The minimum Gasteiger partial charge on any atom is -0.279 e. The maximum atomic E-state index is 13.2. The fourth-order valence-electron chi connectivity index (χ4n) is 3.62. The molecule has 0 aromatic heterocycles. The van der Waals surface area contributed by atoms with E-state index in [1.165, 1.54) is 18.6 Å². The molecular weight excluding hydrogens is 263 g/mol. The van der Waals surface area contributed by atoms with E-state index in [1.54, 1.807) is 6.07 Å². The van der Waals surface area contributed by atoms with Crippen LogP contribution in [0.25, 0.3) is 0 Å². The second kappa shape index (κ2) is 4.77. The van der Waals surface area contributed by atoms with Crippen LogP contribution in [0.2, 0.25) is 5.02 Å². The smallest absolute Gasteiger partial charge is 0.136 e. The minimum absolute atomic E-state index is 0.352. The van der Waals surface area contributed by atoms with Crippen molar-refractivity contribution in [2.75, 3.05) is 6.54 Å². The van der Waals surface area contributed by atoms with E-state index in [0.29, 0.717) is 11.1 Å². The molecule has 0 saturated carbocycles. The van der Waals surface area contributed by atoms with Crippen molar-refractivity contribution in [3.05, 3.63) is 34.6 Å². The Kier molecular flexibility index (Phi) is 3.24. The molecule has 3 rings (SSSR count). The molecule has 2 aliphatic rings. The molecular formula is C15H16ClFN2. The molecule has 2 nitrogen and oxygen atoms in total. The Hall–Kier alpha value is -1.11. The number of nitriles is 1. The SMILES string of the molecule is N#CC1(c2ccc(F)cc2Cl)CCC2CCCCN21. The molecule has 4 heteroatoms. The van der Waals surface area contributed by atoms with Gasteiger partial charge in [-0.05, 0) is 37.8 Å². The van der Waals surface area contributed by atoms with E-state index in [0.717, 1.165) is 37.8 Å². The average molecular weight is 279 g/mol. The summed E-state index contributed by atoms with van der Waals surface area (Å²) < 4.78 is 13.2. The highest BCUT2D eigenvalue weighted by Crippen LogP contribution is 2.47. The third-order valence-electron chi connectivity index (χ3n) is 4.52. The number of hydrogen-bond acceptors (Lipinski definition) is 2. The van der Waals surface area contributed by atoms with Crippen LogP contribution in [0.4, 0.5) is 4.39 Å². The molecule has 100 valence electrons. The van der Waals surface area contributed by atoms with Gasteiger partial charge in [0.25, 0.3) is 0 Å². The number of piperidine rings is 1. The van der Waals surface area contributed by atoms with E-state index >= 15 is 0 Å². The van der Waals surface area contributed by atoms with Gasteiger partial charge in [0.15, 0.2) is 0 Å². The summed E-state index contributed by atoms with van der Waals surface area (Å²) in [5.74, 6) is -0.352. The van der Waals surface area contributed by atoms with E-state index in [9.17, 15) is 9.65 Å². The predicted octanol–water partition coefficient (Wildman–Crippen LogP) is 3.85. The van der Waals surface area contributed by atoms with Gasteiger partial charge < -0.3 is 0 Å². The van der Waals surface area contributed by atoms with Crippen LogP contribution in [0.15, 0.2) is 18.2 Å². The van der Waals surface area contributed by atoms with Crippen molar-refractivity contribution in [3.63, 3.8) is 0 Å². The zero-order valence-corrected chi connectivity index (χ0v) is 11.5. The molecule has 2 fully saturated rings. The van der Waals surface area contributed by atoms with Crippen molar-refractivity contribution < 1.29 is 4.39 Å². The normalized spacial score (nSPS) is 30.9. The van der Waals surface area contributed by atoms with Gasteiger partial charge in [0, 0.05) is 23.2 Å². The van der Waals surface area contributed by atoms with Crippen molar-refractivity contribution in [2.45, 2.75) is 43.7 Å². The summed E-state index contributed by atoms with van der Waals surface area (Å²) in [6, 6.07) is 7.34. The largest absolute Gasteiger partial charge is 0.279 e. The molecule has 0 N–H and O–H groups in total. The monoisotopic (exact) mass is 278 g/mol. The molecule has 0 aliphatic carbocycles. The molecule has 1 aromatic rings. The van der Waals surface area contributed by atoms with Crippen LogP contribution >= 0.6 is 11.6 Å². The number of halogens is 2. The van der Waals surface area contributed by atoms with Crippen LogP contribution in [0, 0.1) is 17.1 Å². The molecule has 1 aromatic carbocycles. The quantitative estimate of drug-likeness (QED) is 0.780. The second-order valence-corrected chi connectivity index (χ2v) is 5.89. The molecule has 2 unspecified atom stereocenters. The lowest BCUT2D eigenvalue weighted by Crippen LogP contribution is -2.46. The van der Waals surface area contributed by atoms with Crippen LogP contribution in [0.3, 0.4) is 0 Å². The Morgan fingerprint density at radius 1 is 1.37 bits per heavy atom. The highest BCUT2D eigenvalue weighted by molar-refractivity contribution is 6.31. The summed E-state index contributed by atoms with van der Waals surface area (Å²) in [4.78, 5) is 2.29. The lowest BCUT2D eigenvalue weighted by Gasteiger charge is -2.39. The molecule has 2 atom stereocenters. The van der Waals surface area contributed by atoms with Gasteiger partial charge >= 0.3 is 0 Å². The van der Waals surface area contributed by atoms with Gasteiger partial charge in [0.1, 0.15) is 11.4 Å². The van der Waals surface area contributed by atoms with Gasteiger partial charge in [-0.3, -0.25) is 4.90 Å². The Labute approximate surface area is 117 Å². The van der Waals surface area contributed by atoms with Crippen molar-refractivity contribution >= 4 is 11.6 Å². The van der Waals surface area contributed by atoms with Gasteiger partial charge in [0.2, 0.25) is 0 Å². The van der Waals surface area contributed by atoms with Crippen LogP contribution < -0.4 is 0 Å². The van der Waals surface area contributed by atoms with E-state index in [2.05, 4.69) is 11.0 Å². The topological polar surface area (TPSA) is 27.0 Å². The van der Waals surface area contributed by atoms with Gasteiger partial charge in [-0.15, -0.1) is 0 Å². The van der Waals surface area contributed by atoms with Crippen LogP contribution in [0.1, 0.15) is 37.7 Å². The number of fused-ring (bicyclic) bond motifs is 1. The number of nitrogens with zero attached hydrogens (tertiary/aromatic N) is 2. The number of rotatable bonds is 1. The van der Waals surface area contributed by atoms with Crippen molar-refractivity contribution in [3.8, 4) is 6.07 Å². The zero-order valence-electron chi connectivity index (χ0n) is 10.7. The number of hydrogen-bond donors (Lipinski definition) is 0. The Morgan fingerprint density at radius 3 is 2.95 bits per heavy atom. The third-order valence-corrected chi connectivity index (χ3v) is 4.83. The van der Waals surface area contributed by atoms with Gasteiger partial charge in [0.05, 0.1) is 6.07 Å². The summed E-state index contributed by atoms with van der Waals surface area (Å²) in [5.41, 5.74) is 0.109. The minimum atomic E-state index is -0.657. The molecule has 0 spiro atoms. The fraction of sp³-hybridized carbons (Fsp3) is 0.533. The van der Waals surface area contributed by atoms with E-state index in [4.69, 9.17) is 11.6 Å². The molecule has 0 bridgehead atoms. The van der Waals surface area contributed by atoms with E-state index in [1.807, 2.05) is 0 Å². The summed E-state index contributed by atoms with van der Waals surface area (Å²) in [6.07, 6.45) is 5.33. The molecule has 19 heavy (non-hydrogen) atoms. The standard InChI is InChI=1S/C15H16ClFN2/c16-14-9-11(17)4-5-13(14)15(10-18)7-6-12-3-1-2-8-19(12)15/h4-5,9,12H,1-3,6-8H2. The van der Waals surface area contributed by atoms with Gasteiger partial charge in [-0.25, -0.2) is 4.39 Å². The summed E-state index contributed by atoms with van der Waals surface area (Å²) in [5, 5.41) is 10.1. The fourth-order valence-corrected chi connectivity index (χ4v) is 3.94. The van der Waals surface area contributed by atoms with Crippen molar-refractivity contribution in [1.82, 2.24) is 4.90 Å². The maximum absolute atomic E-state index is 13.2. The summed E-state index contributed by atoms with van der Waals surface area (Å²) >= 11 is 6.19. The zero-order chi connectivity index (χ0) is 13.5. The molecule has 2 heterocycles. The molecule has 2 aliphatic heterocycles. The van der Waals surface area contributed by atoms with Crippen LogP contribution in [-0.2, 0) is 5.54 Å². The maximum Gasteiger partial charge on any atom is 0.136 e. The van der Waals surface area contributed by atoms with Crippen molar-refractivity contribution in [2.24, 2.45) is 0 Å². The Bertz CT molecular complexity index is 539. The molecule has 2 saturated heterocycles. The predicted molar refractivity (Wildman–Crippen MR) is 72.3 cm³/mol. The molecule has 0 radical (unpaired) electrons. The first-order valence-electron chi connectivity index (χ1n) is 6.81. The van der Waals surface area contributed by atoms with Crippen LogP contribution in [0.5, 0.6) is 0 Å². The molecule has 0 amide bonds. The number of benzene rings is 1. The lowest BCUT2D eigenvalue weighted by atomic mass is 9.88. The van der Waals surface area contributed by atoms with Crippen LogP contribution in [-0.4, -0.2) is 17.5 Å². The Morgan fingerprint density at radius 2 is 2.21 bits per heavy atom. The van der Waals surface area contributed by atoms with E-state index in [-0.39, 0.29) is 5.82 Å². The highest BCUT2D eigenvalue weighted by Gasteiger charge is 2.49. The first-order valence-corrected chi connectivity index (χ1v) is 7.19. The van der Waals surface area contributed by atoms with Gasteiger partial charge in [-0.2, -0.15) is 5.26 Å². The summed E-state index contributed by atoms with van der Waals surface area (Å²) in [6.45, 7) is 0.936. The Balaban J connectivity index is 2.06. The third kappa shape index (κ3) is 1.94. The average Bonchev–Trinajstić information content (AvgIpc) is 2.79. The lowest BCUT2D eigenvalue weighted by molar-refractivity contribution is 0.108. The summed E-state index contributed by atoms with van der Waals surface area (Å²) in [7, 11) is 0.